The largest absolute Gasteiger partial charge is 0.305 e. The van der Waals surface area contributed by atoms with Crippen LogP contribution in [0.2, 0.25) is 0 Å². The second-order valence-corrected chi connectivity index (χ2v) is 9.20. The van der Waals surface area contributed by atoms with Crippen LogP contribution in [0, 0.1) is 0 Å². The minimum absolute atomic E-state index is 0.0262. The average molecular weight is 385 g/mol. The zero-order valence-electron chi connectivity index (χ0n) is 15.4. The average Bonchev–Trinajstić information content (AvgIpc) is 3.27. The van der Waals surface area contributed by atoms with Crippen LogP contribution in [0.3, 0.4) is 0 Å². The van der Waals surface area contributed by atoms with Crippen LogP contribution in [-0.2, 0) is 16.4 Å². The van der Waals surface area contributed by atoms with E-state index in [0.29, 0.717) is 5.56 Å². The van der Waals surface area contributed by atoms with E-state index in [1.54, 1.807) is 17.0 Å². The lowest BCUT2D eigenvalue weighted by Gasteiger charge is -2.23. The van der Waals surface area contributed by atoms with E-state index in [1.165, 1.54) is 17.7 Å². The molecule has 0 aromatic heterocycles. The summed E-state index contributed by atoms with van der Waals surface area (Å²) in [7, 11) is -3.54. The van der Waals surface area contributed by atoms with Crippen LogP contribution in [0.1, 0.15) is 48.5 Å². The van der Waals surface area contributed by atoms with Crippen LogP contribution in [-0.4, -0.2) is 26.4 Å². The molecule has 0 bridgehead atoms. The molecule has 1 N–H and O–H groups in total. The molecule has 1 amide bonds. The van der Waals surface area contributed by atoms with Gasteiger partial charge >= 0.3 is 0 Å². The van der Waals surface area contributed by atoms with Crippen LogP contribution in [0.5, 0.6) is 0 Å². The quantitative estimate of drug-likeness (QED) is 0.877. The number of hydrogen-bond acceptors (Lipinski definition) is 3. The summed E-state index contributed by atoms with van der Waals surface area (Å²) in [5.41, 5.74) is 2.60. The first-order valence-electron chi connectivity index (χ1n) is 9.49. The Morgan fingerprint density at radius 3 is 2.41 bits per heavy atom. The maximum atomic E-state index is 13.0. The van der Waals surface area contributed by atoms with Crippen molar-refractivity contribution in [3.63, 3.8) is 0 Å². The molecule has 1 aliphatic carbocycles. The monoisotopic (exact) mass is 384 g/mol. The maximum absolute atomic E-state index is 13.0. The Hall–Kier alpha value is -2.18. The van der Waals surface area contributed by atoms with Crippen LogP contribution >= 0.6 is 0 Å². The van der Waals surface area contributed by atoms with Crippen LogP contribution in [0.15, 0.2) is 53.4 Å². The highest BCUT2D eigenvalue weighted by atomic mass is 32.2. The Balaban J connectivity index is 1.55. The highest BCUT2D eigenvalue weighted by molar-refractivity contribution is 7.89. The van der Waals surface area contributed by atoms with E-state index in [2.05, 4.69) is 4.72 Å². The molecule has 1 unspecified atom stereocenters. The van der Waals surface area contributed by atoms with Gasteiger partial charge in [0.2, 0.25) is 10.0 Å². The third-order valence-electron chi connectivity index (χ3n) is 5.51. The summed E-state index contributed by atoms with van der Waals surface area (Å²) in [6, 6.07) is 14.3. The van der Waals surface area contributed by atoms with Gasteiger partial charge in [-0.1, -0.05) is 31.0 Å². The summed E-state index contributed by atoms with van der Waals surface area (Å²) in [5.74, 6) is -0.0971. The first-order valence-corrected chi connectivity index (χ1v) is 11.0. The molecule has 142 valence electrons. The zero-order chi connectivity index (χ0) is 19.0. The molecule has 2 aromatic carbocycles. The molecular formula is C21H24N2O3S. The number of carbonyl (C=O) groups excluding carboxylic acids is 1. The fraction of sp³-hybridized carbons (Fsp3) is 0.381. The van der Waals surface area contributed by atoms with Crippen molar-refractivity contribution >= 4 is 21.6 Å². The van der Waals surface area contributed by atoms with Crippen LogP contribution < -0.4 is 9.62 Å². The van der Waals surface area contributed by atoms with Crippen LogP contribution in [0.4, 0.5) is 5.69 Å². The van der Waals surface area contributed by atoms with E-state index in [4.69, 9.17) is 0 Å². The molecule has 5 nitrogen and oxygen atoms in total. The number of hydrogen-bond donors (Lipinski definition) is 1. The van der Waals surface area contributed by atoms with E-state index in [1.807, 2.05) is 31.2 Å². The number of sulfonamides is 1. The van der Waals surface area contributed by atoms with Crippen molar-refractivity contribution in [3.05, 3.63) is 59.7 Å². The second-order valence-electron chi connectivity index (χ2n) is 7.48. The summed E-state index contributed by atoms with van der Waals surface area (Å²) in [4.78, 5) is 15.0. The van der Waals surface area contributed by atoms with Crippen molar-refractivity contribution in [3.8, 4) is 0 Å². The Morgan fingerprint density at radius 1 is 1.04 bits per heavy atom. The van der Waals surface area contributed by atoms with E-state index in [-0.39, 0.29) is 22.9 Å². The van der Waals surface area contributed by atoms with Gasteiger partial charge in [-0.3, -0.25) is 4.79 Å². The predicted molar refractivity (Wildman–Crippen MR) is 105 cm³/mol. The normalized spacial score (nSPS) is 20.0. The van der Waals surface area contributed by atoms with E-state index < -0.39 is 10.0 Å². The predicted octanol–water partition coefficient (Wildman–Crippen LogP) is 3.50. The smallest absolute Gasteiger partial charge is 0.258 e. The summed E-state index contributed by atoms with van der Waals surface area (Å²) >= 11 is 0. The first kappa shape index (κ1) is 18.2. The standard InChI is InChI=1S/C21H24N2O3S/c1-15-14-17-6-2-5-9-20(17)23(15)21(24)16-10-12-19(13-11-16)27(25,26)22-18-7-3-4-8-18/h2,5-6,9-13,15,18,22H,3-4,7-8,14H2,1H3. The number of nitrogens with one attached hydrogen (secondary N) is 1. The van der Waals surface area contributed by atoms with Crippen molar-refractivity contribution in [1.29, 1.82) is 0 Å². The topological polar surface area (TPSA) is 66.5 Å². The van der Waals surface area contributed by atoms with E-state index in [0.717, 1.165) is 37.8 Å². The summed E-state index contributed by atoms with van der Waals surface area (Å²) in [5, 5.41) is 0. The molecule has 2 aliphatic rings. The molecule has 0 saturated heterocycles. The molecule has 1 saturated carbocycles. The molecule has 1 aliphatic heterocycles. The highest BCUT2D eigenvalue weighted by Gasteiger charge is 2.31. The number of para-hydroxylation sites is 1. The number of rotatable bonds is 4. The number of carbonyl (C=O) groups is 1. The minimum Gasteiger partial charge on any atom is -0.305 e. The number of benzene rings is 2. The Morgan fingerprint density at radius 2 is 1.70 bits per heavy atom. The fourth-order valence-electron chi connectivity index (χ4n) is 4.12. The Labute approximate surface area is 160 Å². The molecule has 1 fully saturated rings. The molecule has 2 aromatic rings. The van der Waals surface area contributed by atoms with Crippen molar-refractivity contribution in [1.82, 2.24) is 4.72 Å². The third kappa shape index (κ3) is 3.51. The Kier molecular flexibility index (Phi) is 4.78. The highest BCUT2D eigenvalue weighted by Crippen LogP contribution is 2.33. The number of anilines is 1. The van der Waals surface area contributed by atoms with Crippen molar-refractivity contribution in [2.75, 3.05) is 4.90 Å². The van der Waals surface area contributed by atoms with Gasteiger partial charge in [-0.15, -0.1) is 0 Å². The van der Waals surface area contributed by atoms with Gasteiger partial charge in [-0.05, 0) is 62.1 Å². The molecule has 1 heterocycles. The molecule has 0 spiro atoms. The SMILES string of the molecule is CC1Cc2ccccc2N1C(=O)c1ccc(S(=O)(=O)NC2CCCC2)cc1. The molecule has 0 radical (unpaired) electrons. The van der Waals surface area contributed by atoms with Gasteiger partial charge in [0.1, 0.15) is 0 Å². The van der Waals surface area contributed by atoms with Crippen molar-refractivity contribution in [2.45, 2.75) is 56.0 Å². The van der Waals surface area contributed by atoms with Crippen LogP contribution in [0.25, 0.3) is 0 Å². The molecule has 4 rings (SSSR count). The van der Waals surface area contributed by atoms with E-state index >= 15 is 0 Å². The lowest BCUT2D eigenvalue weighted by atomic mass is 10.1. The van der Waals surface area contributed by atoms with Gasteiger partial charge < -0.3 is 4.90 Å². The van der Waals surface area contributed by atoms with Gasteiger partial charge in [0.15, 0.2) is 0 Å². The van der Waals surface area contributed by atoms with Gasteiger partial charge in [0, 0.05) is 23.3 Å². The number of nitrogens with zero attached hydrogens (tertiary/aromatic N) is 1. The molecule has 27 heavy (non-hydrogen) atoms. The van der Waals surface area contributed by atoms with Gasteiger partial charge in [-0.25, -0.2) is 13.1 Å². The third-order valence-corrected chi connectivity index (χ3v) is 7.05. The summed E-state index contributed by atoms with van der Waals surface area (Å²) in [6.45, 7) is 2.03. The van der Waals surface area contributed by atoms with Crippen molar-refractivity contribution in [2.24, 2.45) is 0 Å². The second kappa shape index (κ2) is 7.09. The van der Waals surface area contributed by atoms with Gasteiger partial charge in [0.05, 0.1) is 4.90 Å². The molecular weight excluding hydrogens is 360 g/mol. The molecule has 6 heteroatoms. The lowest BCUT2D eigenvalue weighted by Crippen LogP contribution is -2.35. The zero-order valence-corrected chi connectivity index (χ0v) is 16.2. The van der Waals surface area contributed by atoms with Gasteiger partial charge in [-0.2, -0.15) is 0 Å². The number of fused-ring (bicyclic) bond motifs is 1. The molecule has 1 atom stereocenters. The number of amides is 1. The summed E-state index contributed by atoms with van der Waals surface area (Å²) < 4.78 is 27.8. The lowest BCUT2D eigenvalue weighted by molar-refractivity contribution is 0.0981. The first-order chi connectivity index (χ1) is 13.0. The van der Waals surface area contributed by atoms with Gasteiger partial charge in [0.25, 0.3) is 5.91 Å². The minimum atomic E-state index is -3.54. The summed E-state index contributed by atoms with van der Waals surface area (Å²) in [6.07, 6.45) is 4.75. The Bertz CT molecular complexity index is 948. The van der Waals surface area contributed by atoms with Crippen molar-refractivity contribution < 1.29 is 13.2 Å². The maximum Gasteiger partial charge on any atom is 0.258 e. The van der Waals surface area contributed by atoms with E-state index in [9.17, 15) is 13.2 Å². The fourth-order valence-corrected chi connectivity index (χ4v) is 5.43.